The first-order chi connectivity index (χ1) is 14.3. The van der Waals surface area contributed by atoms with Gasteiger partial charge in [0.1, 0.15) is 17.8 Å². The Morgan fingerprint density at radius 1 is 1.16 bits per heavy atom. The number of carbonyl (C=O) groups excluding carboxylic acids is 1. The van der Waals surface area contributed by atoms with Crippen molar-refractivity contribution in [3.63, 3.8) is 0 Å². The summed E-state index contributed by atoms with van der Waals surface area (Å²) in [7, 11) is -4.73. The number of aliphatic hydroxyl groups excluding tert-OH is 2. The lowest BCUT2D eigenvalue weighted by molar-refractivity contribution is -0.765. The van der Waals surface area contributed by atoms with E-state index in [-0.39, 0.29) is 18.4 Å². The van der Waals surface area contributed by atoms with Gasteiger partial charge in [-0.15, -0.1) is 0 Å². The van der Waals surface area contributed by atoms with Gasteiger partial charge < -0.3 is 40.7 Å². The van der Waals surface area contributed by atoms with Crippen LogP contribution in [0.3, 0.4) is 0 Å². The Morgan fingerprint density at radius 2 is 1.81 bits per heavy atom. The number of carboxylic acid groups (broad SMARTS) is 2. The van der Waals surface area contributed by atoms with Gasteiger partial charge in [0.15, 0.2) is 18.5 Å². The molecule has 174 valence electrons. The van der Waals surface area contributed by atoms with E-state index >= 15 is 0 Å². The number of phosphoric ester groups is 1. The number of primary amides is 1. The number of phosphoric acid groups is 1. The molecule has 1 aromatic heterocycles. The van der Waals surface area contributed by atoms with E-state index < -0.39 is 56.8 Å². The monoisotopic (exact) mass is 467 g/mol. The highest BCUT2D eigenvalue weighted by Crippen LogP contribution is 2.37. The molecule has 8 N–H and O–H groups in total. The predicted octanol–water partition coefficient (Wildman–Crippen LogP) is -1.87. The second-order valence-corrected chi connectivity index (χ2v) is 7.63. The minimum atomic E-state index is -4.73. The molecule has 0 spiro atoms. The lowest BCUT2D eigenvalue weighted by atomic mass is 10.1. The number of carboxylic acids is 2. The molecule has 0 unspecified atom stereocenters. The summed E-state index contributed by atoms with van der Waals surface area (Å²) in [6, 6.07) is 2.76. The highest BCUT2D eigenvalue weighted by molar-refractivity contribution is 7.46. The molecule has 0 radical (unpaired) electrons. The van der Waals surface area contributed by atoms with Crippen molar-refractivity contribution < 1.29 is 63.0 Å². The molecule has 2 rings (SSSR count). The zero-order valence-electron chi connectivity index (χ0n) is 16.1. The minimum absolute atomic E-state index is 0.0168. The molecule has 14 nitrogen and oxygen atoms in total. The molecule has 0 saturated carbocycles. The van der Waals surface area contributed by atoms with Gasteiger partial charge in [-0.3, -0.25) is 14.1 Å². The van der Waals surface area contributed by atoms with Crippen LogP contribution >= 0.6 is 7.82 Å². The number of nitrogens with zero attached hydrogens (tertiary/aromatic N) is 1. The summed E-state index contributed by atoms with van der Waals surface area (Å²) >= 11 is 0. The number of aliphatic carboxylic acids is 1. The van der Waals surface area contributed by atoms with Crippen LogP contribution in [0.2, 0.25) is 0 Å². The van der Waals surface area contributed by atoms with Gasteiger partial charge in [0.05, 0.1) is 6.61 Å². The predicted molar refractivity (Wildman–Crippen MR) is 98.2 cm³/mol. The lowest BCUT2D eigenvalue weighted by Crippen LogP contribution is -2.46. The maximum Gasteiger partial charge on any atom is 0.469 e. The fourth-order valence-electron chi connectivity index (χ4n) is 2.48. The van der Waals surface area contributed by atoms with Gasteiger partial charge in [-0.25, -0.2) is 9.36 Å². The second-order valence-electron chi connectivity index (χ2n) is 6.39. The summed E-state index contributed by atoms with van der Waals surface area (Å²) in [5.41, 5.74) is 4.69. The number of hydrogen-bond donors (Lipinski definition) is 7. The van der Waals surface area contributed by atoms with Gasteiger partial charge in [-0.2, -0.15) is 4.57 Å². The van der Waals surface area contributed by atoms with Crippen LogP contribution in [0.1, 0.15) is 35.8 Å². The minimum Gasteiger partial charge on any atom is -0.481 e. The quantitative estimate of drug-likeness (QED) is 0.156. The molecule has 4 atom stereocenters. The van der Waals surface area contributed by atoms with Crippen LogP contribution in [0.25, 0.3) is 0 Å². The fraction of sp³-hybridized carbons (Fsp3) is 0.500. The number of aromatic carboxylic acids is 1. The molecule has 15 heteroatoms. The number of amides is 1. The van der Waals surface area contributed by atoms with Crippen LogP contribution in [0.15, 0.2) is 24.5 Å². The Hall–Kier alpha value is -2.45. The number of hydrogen-bond acceptors (Lipinski definition) is 8. The maximum atomic E-state index is 10.9. The Morgan fingerprint density at radius 3 is 2.32 bits per heavy atom. The molecule has 0 aromatic carbocycles. The zero-order chi connectivity index (χ0) is 23.8. The van der Waals surface area contributed by atoms with E-state index in [0.29, 0.717) is 6.42 Å². The third-order valence-electron chi connectivity index (χ3n) is 3.92. The summed E-state index contributed by atoms with van der Waals surface area (Å²) in [5, 5.41) is 36.8. The number of ether oxygens (including phenoxy) is 1. The smallest absolute Gasteiger partial charge is 0.469 e. The molecular formula is C16H24N2O12P+. The Labute approximate surface area is 175 Å². The molecule has 0 bridgehead atoms. The molecule has 1 aliphatic rings. The van der Waals surface area contributed by atoms with Crippen LogP contribution in [0, 0.1) is 0 Å². The highest BCUT2D eigenvalue weighted by atomic mass is 31.2. The van der Waals surface area contributed by atoms with Crippen molar-refractivity contribution in [2.45, 2.75) is 43.8 Å². The normalized spacial score (nSPS) is 23.0. The van der Waals surface area contributed by atoms with Gasteiger partial charge in [-0.05, 0) is 12.5 Å². The van der Waals surface area contributed by atoms with E-state index in [2.05, 4.69) is 4.52 Å². The van der Waals surface area contributed by atoms with E-state index in [1.807, 2.05) is 0 Å². The number of carbonyl (C=O) groups is 3. The number of rotatable bonds is 9. The van der Waals surface area contributed by atoms with Crippen LogP contribution in [0.4, 0.5) is 0 Å². The third-order valence-corrected chi connectivity index (χ3v) is 4.41. The van der Waals surface area contributed by atoms with Crippen molar-refractivity contribution in [2.24, 2.45) is 5.73 Å². The second kappa shape index (κ2) is 11.8. The Bertz CT molecular complexity index is 815. The topological polar surface area (TPSA) is 238 Å². The third kappa shape index (κ3) is 9.48. The van der Waals surface area contributed by atoms with Gasteiger partial charge >= 0.3 is 19.8 Å². The summed E-state index contributed by atoms with van der Waals surface area (Å²) in [6.45, 7) is -0.627. The van der Waals surface area contributed by atoms with Gasteiger partial charge in [0.2, 0.25) is 5.91 Å². The number of nitrogens with two attached hydrogens (primary N) is 1. The standard InChI is InChI=1S/C11H14NO9P.C5H9NO3/c13-8-7(5-20-22(17,18)19)21-10(9(8)14)12-3-1-2-6(4-12)11(15)16;6-4(7)2-1-3-5(8)9/h1-4,7-10,13-14H,5H2,(H2-,15,16,17,18,19);1-3H2,(H2,6,7)(H,8,9)/p+1/t7-,8-,9-,10-;/m1./s1. The molecule has 0 aliphatic carbocycles. The highest BCUT2D eigenvalue weighted by Gasteiger charge is 2.48. The largest absolute Gasteiger partial charge is 0.481 e. The van der Waals surface area contributed by atoms with E-state index in [9.17, 15) is 29.2 Å². The number of aromatic nitrogens is 1. The molecule has 1 saturated heterocycles. The first kappa shape index (κ1) is 26.6. The number of pyridine rings is 1. The van der Waals surface area contributed by atoms with E-state index in [0.717, 1.165) is 0 Å². The van der Waals surface area contributed by atoms with Crippen LogP contribution in [0.5, 0.6) is 0 Å². The van der Waals surface area contributed by atoms with E-state index in [1.54, 1.807) is 0 Å². The average Bonchev–Trinajstić information content (AvgIpc) is 2.94. The van der Waals surface area contributed by atoms with Crippen LogP contribution < -0.4 is 10.3 Å². The van der Waals surface area contributed by atoms with Crippen LogP contribution in [-0.2, 0) is 23.4 Å². The van der Waals surface area contributed by atoms with Gasteiger partial charge in [0.25, 0.3) is 6.23 Å². The Kier molecular flexibility index (Phi) is 10.1. The lowest BCUT2D eigenvalue weighted by Gasteiger charge is -2.13. The van der Waals surface area contributed by atoms with Crippen LogP contribution in [-0.4, -0.2) is 73.0 Å². The van der Waals surface area contributed by atoms with Crippen molar-refractivity contribution in [2.75, 3.05) is 6.61 Å². The first-order valence-electron chi connectivity index (χ1n) is 8.77. The van der Waals surface area contributed by atoms with Crippen molar-refractivity contribution in [3.8, 4) is 0 Å². The summed E-state index contributed by atoms with van der Waals surface area (Å²) in [6.07, 6.45) is -2.00. The Balaban J connectivity index is 0.000000452. The molecule has 1 aliphatic heterocycles. The van der Waals surface area contributed by atoms with Crippen molar-refractivity contribution >= 4 is 25.7 Å². The summed E-state index contributed by atoms with van der Waals surface area (Å²) in [5.74, 6) is -2.52. The fourth-order valence-corrected chi connectivity index (χ4v) is 2.82. The molecular weight excluding hydrogens is 443 g/mol. The average molecular weight is 467 g/mol. The molecule has 31 heavy (non-hydrogen) atoms. The first-order valence-corrected chi connectivity index (χ1v) is 10.3. The van der Waals surface area contributed by atoms with E-state index in [4.69, 9.17) is 30.5 Å². The number of aliphatic hydroxyl groups is 2. The van der Waals surface area contributed by atoms with Crippen molar-refractivity contribution in [1.82, 2.24) is 0 Å². The molecule has 1 aromatic rings. The van der Waals surface area contributed by atoms with Crippen molar-refractivity contribution in [3.05, 3.63) is 30.1 Å². The summed E-state index contributed by atoms with van der Waals surface area (Å²) < 4.78 is 21.4. The van der Waals surface area contributed by atoms with Gasteiger partial charge in [0, 0.05) is 18.9 Å². The molecule has 1 amide bonds. The molecule has 2 heterocycles. The van der Waals surface area contributed by atoms with Crippen molar-refractivity contribution in [1.29, 1.82) is 0 Å². The molecule has 1 fully saturated rings. The summed E-state index contributed by atoms with van der Waals surface area (Å²) in [4.78, 5) is 48.0. The zero-order valence-corrected chi connectivity index (χ0v) is 16.9. The SMILES string of the molecule is NC(=O)CCCC(=O)O.O=C(O)c1ccc[n+]([C@@H]2O[C@H](COP(=O)(O)O)[C@@H](O)[C@H]2O)c1. The maximum absolute atomic E-state index is 10.9. The van der Waals surface area contributed by atoms with Gasteiger partial charge in [-0.1, -0.05) is 0 Å². The van der Waals surface area contributed by atoms with E-state index in [1.165, 1.54) is 29.1 Å².